The fourth-order valence-corrected chi connectivity index (χ4v) is 12.6. The van der Waals surface area contributed by atoms with Crippen LogP contribution < -0.4 is 29.6 Å². The monoisotopic (exact) mass is 1080 g/mol. The Morgan fingerprint density at radius 1 is 0.541 bits per heavy atom. The Kier molecular flexibility index (Phi) is 18.4. The average molecular weight is 1080 g/mol. The van der Waals surface area contributed by atoms with E-state index in [1.165, 1.54) is 73.3 Å². The van der Waals surface area contributed by atoms with Crippen molar-refractivity contribution in [3.05, 3.63) is 173 Å². The maximum atomic E-state index is 14.4. The van der Waals surface area contributed by atoms with Gasteiger partial charge >= 0.3 is 0 Å². The second kappa shape index (κ2) is 23.5. The van der Waals surface area contributed by atoms with Crippen molar-refractivity contribution in [3.63, 3.8) is 0 Å². The number of thiazole rings is 2. The van der Waals surface area contributed by atoms with E-state index in [2.05, 4.69) is 61.0 Å². The van der Waals surface area contributed by atoms with Crippen LogP contribution in [0.4, 0.5) is 30.4 Å². The number of rotatable bonds is 16. The summed E-state index contributed by atoms with van der Waals surface area (Å²) in [5.74, 6) is -0.993. The van der Waals surface area contributed by atoms with Crippen molar-refractivity contribution < 1.29 is 35.1 Å². The van der Waals surface area contributed by atoms with E-state index in [0.29, 0.717) is 27.4 Å². The molecule has 0 saturated carbocycles. The highest BCUT2D eigenvalue weighted by atomic mass is 32.2. The first-order valence-electron chi connectivity index (χ1n) is 22.4. The Morgan fingerprint density at radius 2 is 0.959 bits per heavy atom. The summed E-state index contributed by atoms with van der Waals surface area (Å²) in [6, 6.07) is 32.5. The first-order valence-corrected chi connectivity index (χ1v) is 27.0. The van der Waals surface area contributed by atoms with Gasteiger partial charge in [-0.25, -0.2) is 35.6 Å². The standard InChI is InChI=1S/C27H28FN3O3S2.C26H27FN4O3S2.2CH4/c1-17-10-9-13-21(28)24(17)31-36(32,33)23-16-19(14-15-22(23)34-5)25-18(2)29-26(35-25)30-27(3,4)20-11-7-6-8-12-20;1-16-8-6-10-20(27)23(16)31-36(32,33)22-14-18(11-12-21(22)34-5)24-17(2)29-25(35-24)30-26(3,4)19-9-7-13-28-15-19;;/h6-16,31H,1-5H3,(H,29,30);6-15,31H,1-5H3,(H,29,30);2*1H4. The molecule has 0 aliphatic heterocycles. The van der Waals surface area contributed by atoms with Crippen LogP contribution in [-0.2, 0) is 31.1 Å². The lowest BCUT2D eigenvalue weighted by Crippen LogP contribution is -2.27. The van der Waals surface area contributed by atoms with Gasteiger partial charge in [-0.1, -0.05) is 98.2 Å². The third kappa shape index (κ3) is 13.0. The third-order valence-corrected chi connectivity index (χ3v) is 16.6. The summed E-state index contributed by atoms with van der Waals surface area (Å²) in [6.07, 6.45) is 3.53. The Bertz CT molecular complexity index is 3190. The van der Waals surface area contributed by atoms with E-state index in [4.69, 9.17) is 9.47 Å². The molecule has 0 unspecified atom stereocenters. The SMILES string of the molecule is C.C.COc1ccc(-c2sc(NC(C)(C)c3ccccc3)nc2C)cc1S(=O)(=O)Nc1c(C)cccc1F.COc1ccc(-c2sc(NC(C)(C)c3cccnc3)nc2C)cc1S(=O)(=O)Nc1c(C)cccc1F. The molecule has 8 rings (SSSR count). The molecule has 0 aliphatic rings. The molecule has 0 bridgehead atoms. The third-order valence-electron chi connectivity index (χ3n) is 11.7. The fraction of sp³-hybridized carbons (Fsp3) is 0.255. The van der Waals surface area contributed by atoms with E-state index >= 15 is 0 Å². The van der Waals surface area contributed by atoms with E-state index in [9.17, 15) is 25.6 Å². The lowest BCUT2D eigenvalue weighted by Gasteiger charge is -2.26. The van der Waals surface area contributed by atoms with Crippen molar-refractivity contribution in [1.29, 1.82) is 0 Å². The normalized spacial score (nSPS) is 11.5. The van der Waals surface area contributed by atoms with Gasteiger partial charge in [0.05, 0.1) is 57.8 Å². The van der Waals surface area contributed by atoms with Crippen LogP contribution in [0.2, 0.25) is 0 Å². The molecule has 0 atom stereocenters. The molecule has 8 aromatic rings. The maximum absolute atomic E-state index is 14.4. The molecule has 0 aliphatic carbocycles. The maximum Gasteiger partial charge on any atom is 0.265 e. The van der Waals surface area contributed by atoms with E-state index in [1.807, 2.05) is 58.0 Å². The molecule has 3 aromatic heterocycles. The number of methoxy groups -OCH3 is 2. The molecular weight excluding hydrogens is 1020 g/mol. The lowest BCUT2D eigenvalue weighted by atomic mass is 9.95. The summed E-state index contributed by atoms with van der Waals surface area (Å²) >= 11 is 2.85. The van der Waals surface area contributed by atoms with Crippen molar-refractivity contribution >= 4 is 64.4 Å². The van der Waals surface area contributed by atoms with E-state index in [-0.39, 0.29) is 53.1 Å². The number of nitrogens with one attached hydrogen (secondary N) is 4. The molecule has 0 amide bonds. The number of aryl methyl sites for hydroxylation is 4. The van der Waals surface area contributed by atoms with Crippen LogP contribution in [0.1, 0.15) is 76.2 Å². The van der Waals surface area contributed by atoms with Crippen molar-refractivity contribution in [3.8, 4) is 32.4 Å². The molecule has 0 radical (unpaired) electrons. The lowest BCUT2D eigenvalue weighted by molar-refractivity contribution is 0.403. The Labute approximate surface area is 442 Å². The molecule has 3 heterocycles. The number of anilines is 4. The van der Waals surface area contributed by atoms with Gasteiger partial charge in [-0.05, 0) is 143 Å². The highest BCUT2D eigenvalue weighted by molar-refractivity contribution is 7.93. The molecule has 4 N–H and O–H groups in total. The summed E-state index contributed by atoms with van der Waals surface area (Å²) in [5.41, 5.74) is 4.93. The number of aromatic nitrogens is 3. The first kappa shape index (κ1) is 58.0. The molecule has 392 valence electrons. The zero-order valence-corrected chi connectivity index (χ0v) is 44.6. The van der Waals surface area contributed by atoms with Gasteiger partial charge in [-0.15, -0.1) is 0 Å². The summed E-state index contributed by atoms with van der Waals surface area (Å²) < 4.78 is 97.4. The number of para-hydroxylation sites is 2. The van der Waals surface area contributed by atoms with Gasteiger partial charge in [0.2, 0.25) is 0 Å². The van der Waals surface area contributed by atoms with Gasteiger partial charge in [0.25, 0.3) is 20.0 Å². The second-order valence-electron chi connectivity index (χ2n) is 17.8. The second-order valence-corrected chi connectivity index (χ2v) is 23.1. The van der Waals surface area contributed by atoms with Crippen LogP contribution >= 0.6 is 22.7 Å². The van der Waals surface area contributed by atoms with Crippen LogP contribution in [0.25, 0.3) is 20.9 Å². The van der Waals surface area contributed by atoms with Gasteiger partial charge in [-0.3, -0.25) is 14.4 Å². The number of hydrogen-bond donors (Lipinski definition) is 4. The largest absolute Gasteiger partial charge is 0.495 e. The molecule has 0 spiro atoms. The van der Waals surface area contributed by atoms with E-state index in [1.54, 1.807) is 62.6 Å². The van der Waals surface area contributed by atoms with Crippen molar-refractivity contribution in [2.75, 3.05) is 34.3 Å². The molecule has 5 aromatic carbocycles. The van der Waals surface area contributed by atoms with Crippen LogP contribution in [-0.4, -0.2) is 46.0 Å². The van der Waals surface area contributed by atoms with E-state index in [0.717, 1.165) is 37.4 Å². The molecule has 0 fully saturated rings. The van der Waals surface area contributed by atoms with E-state index < -0.39 is 37.2 Å². The zero-order valence-electron chi connectivity index (χ0n) is 41.3. The fourth-order valence-electron chi connectivity index (χ4n) is 7.66. The molecule has 74 heavy (non-hydrogen) atoms. The van der Waals surface area contributed by atoms with Crippen molar-refractivity contribution in [2.45, 2.75) is 91.1 Å². The van der Waals surface area contributed by atoms with Gasteiger partial charge in [0, 0.05) is 12.4 Å². The number of ether oxygens (including phenoxy) is 2. The highest BCUT2D eigenvalue weighted by Crippen LogP contribution is 2.41. The van der Waals surface area contributed by atoms with Crippen LogP contribution in [0.15, 0.2) is 137 Å². The Hall–Kier alpha value is -6.93. The topological polar surface area (TPSA) is 174 Å². The number of nitrogens with zero attached hydrogens (tertiary/aromatic N) is 3. The molecule has 19 heteroatoms. The minimum atomic E-state index is -4.16. The van der Waals surface area contributed by atoms with Gasteiger partial charge in [0.15, 0.2) is 10.3 Å². The average Bonchev–Trinajstić information content (AvgIpc) is 3.90. The predicted molar refractivity (Wildman–Crippen MR) is 299 cm³/mol. The first-order chi connectivity index (χ1) is 34.0. The van der Waals surface area contributed by atoms with Gasteiger partial charge in [-0.2, -0.15) is 0 Å². The Balaban J connectivity index is 0.000000267. The highest BCUT2D eigenvalue weighted by Gasteiger charge is 2.28. The van der Waals surface area contributed by atoms with Crippen molar-refractivity contribution in [1.82, 2.24) is 15.0 Å². The minimum Gasteiger partial charge on any atom is -0.495 e. The quantitative estimate of drug-likeness (QED) is 0.0725. The summed E-state index contributed by atoms with van der Waals surface area (Å²) in [6.45, 7) is 15.3. The van der Waals surface area contributed by atoms with Gasteiger partial charge < -0.3 is 20.1 Å². The van der Waals surface area contributed by atoms with Crippen LogP contribution in [0.5, 0.6) is 11.5 Å². The summed E-state index contributed by atoms with van der Waals surface area (Å²) in [5, 5.41) is 8.35. The molecular formula is C55H63F2N7O6S4. The zero-order chi connectivity index (χ0) is 52.2. The Morgan fingerprint density at radius 3 is 1.35 bits per heavy atom. The molecule has 0 saturated heterocycles. The number of halogens is 2. The predicted octanol–water partition coefficient (Wildman–Crippen LogP) is 14.1. The van der Waals surface area contributed by atoms with Crippen LogP contribution in [0, 0.1) is 39.3 Å². The summed E-state index contributed by atoms with van der Waals surface area (Å²) in [4.78, 5) is 15.0. The number of pyridine rings is 1. The number of benzene rings is 5. The minimum absolute atomic E-state index is 0. The summed E-state index contributed by atoms with van der Waals surface area (Å²) in [7, 11) is -5.52. The smallest absolute Gasteiger partial charge is 0.265 e. The van der Waals surface area contributed by atoms with Crippen LogP contribution in [0.3, 0.4) is 0 Å². The number of sulfonamides is 2. The van der Waals surface area contributed by atoms with Crippen molar-refractivity contribution in [2.24, 2.45) is 0 Å². The number of hydrogen-bond acceptors (Lipinski definition) is 13. The molecule has 13 nitrogen and oxygen atoms in total. The van der Waals surface area contributed by atoms with Gasteiger partial charge in [0.1, 0.15) is 32.9 Å².